The summed E-state index contributed by atoms with van der Waals surface area (Å²) in [7, 11) is 0. The molecule has 5 heteroatoms. The van der Waals surface area contributed by atoms with Crippen LogP contribution in [0.25, 0.3) is 10.9 Å². The Balaban J connectivity index is 1.60. The first kappa shape index (κ1) is 12.2. The van der Waals surface area contributed by atoms with Crippen molar-refractivity contribution in [2.45, 2.75) is 25.7 Å². The number of rotatable bonds is 3. The summed E-state index contributed by atoms with van der Waals surface area (Å²) in [6.45, 7) is 2.00. The van der Waals surface area contributed by atoms with Gasteiger partial charge in [0, 0.05) is 28.1 Å². The number of carbonyl (C=O) groups is 1. The van der Waals surface area contributed by atoms with Crippen LogP contribution < -0.4 is 5.32 Å². The first-order valence-corrected chi connectivity index (χ1v) is 7.16. The molecule has 1 aliphatic rings. The summed E-state index contributed by atoms with van der Waals surface area (Å²) >= 11 is 0. The van der Waals surface area contributed by atoms with Crippen molar-refractivity contribution >= 4 is 22.6 Å². The summed E-state index contributed by atoms with van der Waals surface area (Å²) < 4.78 is 0. The van der Waals surface area contributed by atoms with Gasteiger partial charge in [-0.25, -0.2) is 0 Å². The van der Waals surface area contributed by atoms with Crippen LogP contribution in [0.5, 0.6) is 0 Å². The largest absolute Gasteiger partial charge is 0.351 e. The Morgan fingerprint density at radius 1 is 1.33 bits per heavy atom. The number of hydrogen-bond donors (Lipinski definition) is 3. The molecule has 2 heterocycles. The molecule has 1 amide bonds. The Morgan fingerprint density at radius 3 is 2.90 bits per heavy atom. The van der Waals surface area contributed by atoms with Crippen LogP contribution in [0.4, 0.5) is 5.82 Å². The summed E-state index contributed by atoms with van der Waals surface area (Å²) in [5.41, 5.74) is 3.70. The van der Waals surface area contributed by atoms with E-state index in [0.717, 1.165) is 22.2 Å². The molecule has 3 N–H and O–H groups in total. The molecule has 1 saturated carbocycles. The standard InChI is InChI=1S/C16H16N4O/c1-9-14(10-6-7-10)19-20-15(9)18-16(21)13-8-11-4-2-3-5-12(11)17-13/h2-5,8,10,17H,6-7H2,1H3,(H2,18,19,20,21). The van der Waals surface area contributed by atoms with Gasteiger partial charge in [0.05, 0.1) is 0 Å². The van der Waals surface area contributed by atoms with E-state index in [9.17, 15) is 4.79 Å². The Morgan fingerprint density at radius 2 is 2.14 bits per heavy atom. The second kappa shape index (κ2) is 4.48. The predicted octanol–water partition coefficient (Wildman–Crippen LogP) is 3.33. The molecule has 0 unspecified atom stereocenters. The molecule has 5 nitrogen and oxygen atoms in total. The lowest BCUT2D eigenvalue weighted by Crippen LogP contribution is -2.13. The summed E-state index contributed by atoms with van der Waals surface area (Å²) in [5, 5.41) is 11.2. The van der Waals surface area contributed by atoms with E-state index in [4.69, 9.17) is 0 Å². The Bertz CT molecular complexity index is 793. The van der Waals surface area contributed by atoms with E-state index in [2.05, 4.69) is 20.5 Å². The number of H-pyrrole nitrogens is 2. The maximum Gasteiger partial charge on any atom is 0.273 e. The number of nitrogens with zero attached hydrogens (tertiary/aromatic N) is 1. The predicted molar refractivity (Wildman–Crippen MR) is 81.6 cm³/mol. The van der Waals surface area contributed by atoms with Crippen molar-refractivity contribution in [1.82, 2.24) is 15.2 Å². The highest BCUT2D eigenvalue weighted by molar-refractivity contribution is 6.05. The number of anilines is 1. The molecule has 1 aliphatic carbocycles. The maximum absolute atomic E-state index is 12.3. The lowest BCUT2D eigenvalue weighted by atomic mass is 10.2. The lowest BCUT2D eigenvalue weighted by Gasteiger charge is -2.01. The van der Waals surface area contributed by atoms with Gasteiger partial charge in [-0.3, -0.25) is 9.89 Å². The number of benzene rings is 1. The minimum atomic E-state index is -0.164. The fourth-order valence-corrected chi connectivity index (χ4v) is 2.67. The molecule has 0 radical (unpaired) electrons. The van der Waals surface area contributed by atoms with E-state index < -0.39 is 0 Å². The second-order valence-corrected chi connectivity index (χ2v) is 5.61. The average molecular weight is 280 g/mol. The topological polar surface area (TPSA) is 73.6 Å². The van der Waals surface area contributed by atoms with E-state index in [1.54, 1.807) is 0 Å². The Hall–Kier alpha value is -2.56. The van der Waals surface area contributed by atoms with Crippen molar-refractivity contribution in [3.05, 3.63) is 47.3 Å². The van der Waals surface area contributed by atoms with Crippen molar-refractivity contribution in [3.63, 3.8) is 0 Å². The van der Waals surface area contributed by atoms with Crippen molar-refractivity contribution in [3.8, 4) is 0 Å². The first-order valence-electron chi connectivity index (χ1n) is 7.16. The van der Waals surface area contributed by atoms with Gasteiger partial charge in [0.1, 0.15) is 5.69 Å². The number of hydrogen-bond acceptors (Lipinski definition) is 2. The van der Waals surface area contributed by atoms with Crippen LogP contribution >= 0.6 is 0 Å². The molecule has 3 aromatic rings. The molecular formula is C16H16N4O. The normalized spacial score (nSPS) is 14.5. The maximum atomic E-state index is 12.3. The zero-order valence-corrected chi connectivity index (χ0v) is 11.7. The van der Waals surface area contributed by atoms with Gasteiger partial charge < -0.3 is 10.3 Å². The molecule has 1 fully saturated rings. The van der Waals surface area contributed by atoms with Crippen LogP contribution in [0.3, 0.4) is 0 Å². The van der Waals surface area contributed by atoms with Crippen molar-refractivity contribution in [1.29, 1.82) is 0 Å². The number of carbonyl (C=O) groups excluding carboxylic acids is 1. The molecule has 0 saturated heterocycles. The number of fused-ring (bicyclic) bond motifs is 1. The molecule has 0 atom stereocenters. The highest BCUT2D eigenvalue weighted by atomic mass is 16.2. The highest BCUT2D eigenvalue weighted by Gasteiger charge is 2.28. The fraction of sp³-hybridized carbons (Fsp3) is 0.250. The third-order valence-electron chi connectivity index (χ3n) is 4.04. The van der Waals surface area contributed by atoms with Gasteiger partial charge in [-0.15, -0.1) is 0 Å². The van der Waals surface area contributed by atoms with Crippen molar-refractivity contribution in [2.24, 2.45) is 0 Å². The zero-order valence-electron chi connectivity index (χ0n) is 11.7. The third kappa shape index (κ3) is 2.11. The molecule has 0 aliphatic heterocycles. The molecule has 1 aromatic carbocycles. The smallest absolute Gasteiger partial charge is 0.273 e. The molecule has 0 spiro atoms. The van der Waals surface area contributed by atoms with Gasteiger partial charge >= 0.3 is 0 Å². The lowest BCUT2D eigenvalue weighted by molar-refractivity contribution is 0.102. The molecule has 106 valence electrons. The van der Waals surface area contributed by atoms with Crippen LogP contribution in [-0.2, 0) is 0 Å². The minimum absolute atomic E-state index is 0.164. The average Bonchev–Trinajstić information content (AvgIpc) is 3.13. The summed E-state index contributed by atoms with van der Waals surface area (Å²) in [6, 6.07) is 9.69. The quantitative estimate of drug-likeness (QED) is 0.688. The van der Waals surface area contributed by atoms with Crippen LogP contribution in [0.2, 0.25) is 0 Å². The van der Waals surface area contributed by atoms with Crippen molar-refractivity contribution in [2.75, 3.05) is 5.32 Å². The number of aromatic nitrogens is 3. The first-order chi connectivity index (χ1) is 10.2. The Labute approximate surface area is 121 Å². The monoisotopic (exact) mass is 280 g/mol. The number of amides is 1. The highest BCUT2D eigenvalue weighted by Crippen LogP contribution is 2.41. The van der Waals surface area contributed by atoms with Gasteiger partial charge in [-0.2, -0.15) is 5.10 Å². The van der Waals surface area contributed by atoms with E-state index in [1.165, 1.54) is 12.8 Å². The van der Waals surface area contributed by atoms with E-state index in [1.807, 2.05) is 37.3 Å². The molecule has 4 rings (SSSR count). The van der Waals surface area contributed by atoms with Crippen LogP contribution in [0.1, 0.15) is 40.5 Å². The number of nitrogens with one attached hydrogen (secondary N) is 3. The fourth-order valence-electron chi connectivity index (χ4n) is 2.67. The van der Waals surface area contributed by atoms with Crippen LogP contribution in [-0.4, -0.2) is 21.1 Å². The molecule has 2 aromatic heterocycles. The Kier molecular flexibility index (Phi) is 2.60. The van der Waals surface area contributed by atoms with Gasteiger partial charge in [0.2, 0.25) is 0 Å². The van der Waals surface area contributed by atoms with Crippen molar-refractivity contribution < 1.29 is 4.79 Å². The van der Waals surface area contributed by atoms with Crippen LogP contribution in [0.15, 0.2) is 30.3 Å². The minimum Gasteiger partial charge on any atom is -0.351 e. The summed E-state index contributed by atoms with van der Waals surface area (Å²) in [5.74, 6) is 1.06. The van der Waals surface area contributed by atoms with Gasteiger partial charge in [0.15, 0.2) is 5.82 Å². The van der Waals surface area contributed by atoms with Gasteiger partial charge in [-0.1, -0.05) is 18.2 Å². The third-order valence-corrected chi connectivity index (χ3v) is 4.04. The van der Waals surface area contributed by atoms with E-state index in [-0.39, 0.29) is 5.91 Å². The molecule has 21 heavy (non-hydrogen) atoms. The van der Waals surface area contributed by atoms with E-state index in [0.29, 0.717) is 17.4 Å². The number of aromatic amines is 2. The van der Waals surface area contributed by atoms with Gasteiger partial charge in [0.25, 0.3) is 5.91 Å². The summed E-state index contributed by atoms with van der Waals surface area (Å²) in [4.78, 5) is 15.5. The molecule has 0 bridgehead atoms. The second-order valence-electron chi connectivity index (χ2n) is 5.61. The van der Waals surface area contributed by atoms with E-state index >= 15 is 0 Å². The molecular weight excluding hydrogens is 264 g/mol. The summed E-state index contributed by atoms with van der Waals surface area (Å²) in [6.07, 6.45) is 2.41. The van der Waals surface area contributed by atoms with Crippen LogP contribution in [0, 0.1) is 6.92 Å². The SMILES string of the molecule is Cc1c(NC(=O)c2cc3ccccc3[nH]2)n[nH]c1C1CC1. The van der Waals surface area contributed by atoms with Gasteiger partial charge in [-0.05, 0) is 31.9 Å². The number of para-hydroxylation sites is 1. The zero-order chi connectivity index (χ0) is 14.4.